The average molecular weight is 426 g/mol. The highest BCUT2D eigenvalue weighted by atomic mass is 16.1. The van der Waals surface area contributed by atoms with Crippen molar-refractivity contribution >= 4 is 5.57 Å². The summed E-state index contributed by atoms with van der Waals surface area (Å²) in [4.78, 5) is 21.4. The number of allylic oxidation sites excluding steroid dienone is 14. The molecule has 0 radical (unpaired) electrons. The molecule has 0 saturated carbocycles. The summed E-state index contributed by atoms with van der Waals surface area (Å²) in [6.07, 6.45) is 23.2. The number of H-pyrrole nitrogens is 1. The van der Waals surface area contributed by atoms with Crippen LogP contribution in [-0.4, -0.2) is 14.5 Å². The van der Waals surface area contributed by atoms with Crippen molar-refractivity contribution in [1.82, 2.24) is 14.5 Å². The molecule has 2 aliphatic heterocycles. The lowest BCUT2D eigenvalue weighted by Gasteiger charge is -2.14. The lowest BCUT2D eigenvalue weighted by molar-refractivity contribution is 0.901. The highest BCUT2D eigenvalue weighted by Gasteiger charge is 2.20. The summed E-state index contributed by atoms with van der Waals surface area (Å²) in [5, 5.41) is 0. The summed E-state index contributed by atoms with van der Waals surface area (Å²) < 4.78 is 1.63. The Balaban J connectivity index is 2.76. The van der Waals surface area contributed by atoms with Crippen LogP contribution in [0.1, 0.15) is 30.9 Å². The standard InChI is InChI=1S/C28H31N3O/c1-7-12-17-22(14-9-3)19-24-27-30-25(18-21(6)13-8-2)28(32)31(27)20-26(29-24)23(15-10-4)16-11-5/h7-17,20,29H,1-4,18-19H2,5-6H3/b16-11-,17-12-,21-13+,22-14+,23-15+. The summed E-state index contributed by atoms with van der Waals surface area (Å²) in [5.41, 5.74) is 4.96. The largest absolute Gasteiger partial charge is 0.354 e. The zero-order chi connectivity index (χ0) is 23.5. The van der Waals surface area contributed by atoms with E-state index in [2.05, 4.69) is 31.3 Å². The summed E-state index contributed by atoms with van der Waals surface area (Å²) in [5.74, 6) is 0.612. The van der Waals surface area contributed by atoms with Crippen LogP contribution < -0.4 is 5.56 Å². The minimum atomic E-state index is -0.123. The smallest absolute Gasteiger partial charge is 0.278 e. The van der Waals surface area contributed by atoms with Crippen LogP contribution >= 0.6 is 0 Å². The third-order valence-electron chi connectivity index (χ3n) is 4.71. The molecule has 2 rings (SSSR count). The van der Waals surface area contributed by atoms with Crippen molar-refractivity contribution in [2.45, 2.75) is 26.7 Å². The predicted octanol–water partition coefficient (Wildman–Crippen LogP) is 6.22. The van der Waals surface area contributed by atoms with Gasteiger partial charge < -0.3 is 4.98 Å². The first-order valence-corrected chi connectivity index (χ1v) is 10.5. The van der Waals surface area contributed by atoms with Crippen molar-refractivity contribution < 1.29 is 0 Å². The minimum absolute atomic E-state index is 0.123. The van der Waals surface area contributed by atoms with Crippen molar-refractivity contribution in [3.8, 4) is 5.82 Å². The van der Waals surface area contributed by atoms with Crippen molar-refractivity contribution in [2.75, 3.05) is 0 Å². The van der Waals surface area contributed by atoms with E-state index in [4.69, 9.17) is 4.98 Å². The highest BCUT2D eigenvalue weighted by molar-refractivity contribution is 5.73. The van der Waals surface area contributed by atoms with E-state index in [9.17, 15) is 4.79 Å². The molecular weight excluding hydrogens is 394 g/mol. The first kappa shape index (κ1) is 24.4. The Morgan fingerprint density at radius 2 is 1.75 bits per heavy atom. The molecule has 0 atom stereocenters. The molecule has 0 saturated heterocycles. The second-order valence-electron chi connectivity index (χ2n) is 7.24. The van der Waals surface area contributed by atoms with Crippen LogP contribution in [0.2, 0.25) is 0 Å². The molecule has 0 aromatic heterocycles. The van der Waals surface area contributed by atoms with Crippen molar-refractivity contribution in [3.05, 3.63) is 138 Å². The maximum absolute atomic E-state index is 13.2. The third-order valence-corrected chi connectivity index (χ3v) is 4.71. The van der Waals surface area contributed by atoms with Gasteiger partial charge >= 0.3 is 0 Å². The van der Waals surface area contributed by atoms with Gasteiger partial charge in [-0.1, -0.05) is 98.7 Å². The van der Waals surface area contributed by atoms with Crippen LogP contribution in [0.5, 0.6) is 0 Å². The van der Waals surface area contributed by atoms with Gasteiger partial charge in [0, 0.05) is 19.0 Å². The van der Waals surface area contributed by atoms with Crippen LogP contribution in [0.15, 0.2) is 115 Å². The monoisotopic (exact) mass is 425 g/mol. The number of nitrogens with one attached hydrogen (secondary N) is 1. The van der Waals surface area contributed by atoms with Crippen LogP contribution in [-0.2, 0) is 12.8 Å². The van der Waals surface area contributed by atoms with Gasteiger partial charge in [-0.25, -0.2) is 4.98 Å². The van der Waals surface area contributed by atoms with Gasteiger partial charge in [-0.3, -0.25) is 9.36 Å². The van der Waals surface area contributed by atoms with Crippen molar-refractivity contribution in [1.29, 1.82) is 0 Å². The van der Waals surface area contributed by atoms with E-state index in [1.807, 2.05) is 56.4 Å². The van der Waals surface area contributed by atoms with E-state index in [1.54, 1.807) is 35.1 Å². The maximum atomic E-state index is 13.2. The number of imidazole rings is 1. The van der Waals surface area contributed by atoms with Gasteiger partial charge in [0.1, 0.15) is 5.69 Å². The molecule has 4 heteroatoms. The number of aromatic amines is 1. The average Bonchev–Trinajstić information content (AvgIpc) is 3.07. The molecule has 0 bridgehead atoms. The molecule has 0 spiro atoms. The molecule has 0 aromatic rings. The van der Waals surface area contributed by atoms with Gasteiger partial charge in [0.25, 0.3) is 5.56 Å². The van der Waals surface area contributed by atoms with Crippen LogP contribution in [0, 0.1) is 0 Å². The molecular formula is C28H31N3O. The number of hydrogen-bond donors (Lipinski definition) is 1. The number of fused-ring (bicyclic) bond motifs is 1. The lowest BCUT2D eigenvalue weighted by atomic mass is 10.1. The van der Waals surface area contributed by atoms with Crippen molar-refractivity contribution in [3.63, 3.8) is 0 Å². The quantitative estimate of drug-likeness (QED) is 0.435. The Hall–Kier alpha value is -3.92. The Morgan fingerprint density at radius 1 is 1.03 bits per heavy atom. The van der Waals surface area contributed by atoms with E-state index in [0.717, 1.165) is 28.1 Å². The number of hydrogen-bond acceptors (Lipinski definition) is 2. The summed E-state index contributed by atoms with van der Waals surface area (Å²) >= 11 is 0. The summed E-state index contributed by atoms with van der Waals surface area (Å²) in [6.45, 7) is 19.0. The second kappa shape index (κ2) is 12.1. The summed E-state index contributed by atoms with van der Waals surface area (Å²) in [6, 6.07) is 0. The Labute approximate surface area is 190 Å². The zero-order valence-corrected chi connectivity index (χ0v) is 19.0. The first-order valence-electron chi connectivity index (χ1n) is 10.5. The number of aromatic nitrogens is 3. The maximum Gasteiger partial charge on any atom is 0.278 e. The molecule has 1 N–H and O–H groups in total. The third kappa shape index (κ3) is 6.05. The summed E-state index contributed by atoms with van der Waals surface area (Å²) in [7, 11) is 0. The number of nitrogens with zero attached hydrogens (tertiary/aromatic N) is 2. The minimum Gasteiger partial charge on any atom is -0.354 e. The lowest BCUT2D eigenvalue weighted by Crippen LogP contribution is -2.18. The fourth-order valence-electron chi connectivity index (χ4n) is 3.35. The zero-order valence-electron chi connectivity index (χ0n) is 19.0. The Morgan fingerprint density at radius 3 is 2.38 bits per heavy atom. The Bertz CT molecular complexity index is 1180. The molecule has 0 fully saturated rings. The van der Waals surface area contributed by atoms with Crippen LogP contribution in [0.3, 0.4) is 0 Å². The van der Waals surface area contributed by atoms with Gasteiger partial charge in [-0.2, -0.15) is 0 Å². The van der Waals surface area contributed by atoms with Gasteiger partial charge in [0.15, 0.2) is 5.82 Å². The molecule has 0 amide bonds. The fourth-order valence-corrected chi connectivity index (χ4v) is 3.35. The first-order chi connectivity index (χ1) is 15.5. The SMILES string of the molecule is C=C/C=C\C(=C/C=C)Cc1[nH]c(C(/C=C\C)=C/C=C)cn2c(=O)c(C/C(C)=C/C=C)nc1-2. The normalized spacial score (nSPS) is 13.2. The van der Waals surface area contributed by atoms with E-state index in [0.29, 0.717) is 24.4 Å². The fraction of sp³-hybridized carbons (Fsp3) is 0.143. The molecule has 2 aliphatic rings. The highest BCUT2D eigenvalue weighted by Crippen LogP contribution is 2.22. The van der Waals surface area contributed by atoms with Gasteiger partial charge in [-0.15, -0.1) is 0 Å². The topological polar surface area (TPSA) is 50.7 Å². The molecule has 0 aliphatic carbocycles. The van der Waals surface area contributed by atoms with E-state index < -0.39 is 0 Å². The van der Waals surface area contributed by atoms with Crippen molar-refractivity contribution in [2.24, 2.45) is 0 Å². The van der Waals surface area contributed by atoms with E-state index >= 15 is 0 Å². The molecule has 0 unspecified atom stereocenters. The van der Waals surface area contributed by atoms with E-state index in [1.165, 1.54) is 0 Å². The Kier molecular flexibility index (Phi) is 9.18. The molecule has 0 aromatic carbocycles. The number of rotatable bonds is 11. The van der Waals surface area contributed by atoms with Gasteiger partial charge in [-0.05, 0) is 25.0 Å². The molecule has 2 heterocycles. The van der Waals surface area contributed by atoms with E-state index in [-0.39, 0.29) is 5.56 Å². The molecule has 164 valence electrons. The van der Waals surface area contributed by atoms with Gasteiger partial charge in [0.05, 0.1) is 11.4 Å². The van der Waals surface area contributed by atoms with Gasteiger partial charge in [0.2, 0.25) is 0 Å². The van der Waals surface area contributed by atoms with Crippen LogP contribution in [0.25, 0.3) is 11.4 Å². The molecule has 32 heavy (non-hydrogen) atoms. The molecule has 4 nitrogen and oxygen atoms in total. The second-order valence-corrected chi connectivity index (χ2v) is 7.24. The predicted molar refractivity (Wildman–Crippen MR) is 137 cm³/mol. The van der Waals surface area contributed by atoms with Crippen LogP contribution in [0.4, 0.5) is 0 Å².